The fourth-order valence-corrected chi connectivity index (χ4v) is 1.28. The van der Waals surface area contributed by atoms with Crippen LogP contribution in [0.5, 0.6) is 0 Å². The summed E-state index contributed by atoms with van der Waals surface area (Å²) in [4.78, 5) is 15.4. The Morgan fingerprint density at radius 2 is 2.00 bits per heavy atom. The van der Waals surface area contributed by atoms with E-state index in [0.717, 1.165) is 11.1 Å². The third-order valence-electron chi connectivity index (χ3n) is 2.06. The molecule has 0 saturated heterocycles. The minimum Gasteiger partial charge on any atom is -0.478 e. The molecule has 15 heavy (non-hydrogen) atoms. The van der Waals surface area contributed by atoms with Crippen LogP contribution in [0.4, 0.5) is 0 Å². The molecule has 76 valence electrons. The molecule has 4 heteroatoms. The molecule has 1 aromatic rings. The first kappa shape index (κ1) is 9.33. The number of hydrogen-bond acceptors (Lipinski definition) is 3. The van der Waals surface area contributed by atoms with Crippen molar-refractivity contribution in [3.05, 3.63) is 53.9 Å². The molecule has 2 N–H and O–H groups in total. The molecule has 0 bridgehead atoms. The minimum absolute atomic E-state index is 0.281. The summed E-state index contributed by atoms with van der Waals surface area (Å²) in [6.07, 6.45) is 5.03. The van der Waals surface area contributed by atoms with Crippen LogP contribution in [0, 0.1) is 0 Å². The van der Waals surface area contributed by atoms with E-state index in [2.05, 4.69) is 5.48 Å². The average molecular weight is 203 g/mol. The maximum absolute atomic E-state index is 10.6. The van der Waals surface area contributed by atoms with Gasteiger partial charge in [0.25, 0.3) is 0 Å². The molecule has 0 amide bonds. The smallest absolute Gasteiger partial charge is 0.335 e. The van der Waals surface area contributed by atoms with Gasteiger partial charge in [-0.15, -0.1) is 0 Å². The second kappa shape index (κ2) is 3.88. The van der Waals surface area contributed by atoms with Gasteiger partial charge >= 0.3 is 5.97 Å². The van der Waals surface area contributed by atoms with Gasteiger partial charge in [-0.25, -0.2) is 10.3 Å². The molecule has 0 aromatic heterocycles. The predicted molar refractivity (Wildman–Crippen MR) is 54.7 cm³/mol. The number of hydrogen-bond donors (Lipinski definition) is 2. The molecule has 0 unspecified atom stereocenters. The topological polar surface area (TPSA) is 58.6 Å². The molecule has 1 aliphatic rings. The van der Waals surface area contributed by atoms with E-state index in [1.54, 1.807) is 36.5 Å². The molecule has 0 atom stereocenters. The normalized spacial score (nSPS) is 13.7. The number of aromatic carboxylic acids is 1. The zero-order valence-electron chi connectivity index (χ0n) is 7.81. The van der Waals surface area contributed by atoms with E-state index in [-0.39, 0.29) is 5.56 Å². The SMILES string of the molecule is O=C(O)c1ccc(C2=CNOC=C2)cc1. The second-order valence-electron chi connectivity index (χ2n) is 3.02. The largest absolute Gasteiger partial charge is 0.478 e. The van der Waals surface area contributed by atoms with Gasteiger partial charge in [0, 0.05) is 11.8 Å². The van der Waals surface area contributed by atoms with E-state index < -0.39 is 5.97 Å². The maximum Gasteiger partial charge on any atom is 0.335 e. The lowest BCUT2D eigenvalue weighted by atomic mass is 10.0. The quantitative estimate of drug-likeness (QED) is 0.769. The summed E-state index contributed by atoms with van der Waals surface area (Å²) in [6.45, 7) is 0. The number of nitrogens with one attached hydrogen (secondary N) is 1. The molecule has 0 aliphatic carbocycles. The summed E-state index contributed by atoms with van der Waals surface area (Å²) < 4.78 is 0. The standard InChI is InChI=1S/C11H9NO3/c13-11(14)9-3-1-8(2-4-9)10-5-6-15-12-7-10/h1-7,12H,(H,13,14). The Hall–Kier alpha value is -2.23. The first-order chi connectivity index (χ1) is 7.27. The van der Waals surface area contributed by atoms with Crippen LogP contribution < -0.4 is 5.48 Å². The van der Waals surface area contributed by atoms with Gasteiger partial charge in [-0.3, -0.25) is 0 Å². The summed E-state index contributed by atoms with van der Waals surface area (Å²) in [5.41, 5.74) is 4.77. The molecule has 1 aliphatic heterocycles. The van der Waals surface area contributed by atoms with Crippen LogP contribution in [-0.2, 0) is 4.84 Å². The van der Waals surface area contributed by atoms with E-state index in [4.69, 9.17) is 9.94 Å². The Morgan fingerprint density at radius 3 is 2.53 bits per heavy atom. The molecule has 1 heterocycles. The van der Waals surface area contributed by atoms with Gasteiger partial charge in [0.05, 0.1) is 5.56 Å². The van der Waals surface area contributed by atoms with Gasteiger partial charge in [-0.2, -0.15) is 0 Å². The van der Waals surface area contributed by atoms with Crippen LogP contribution in [-0.4, -0.2) is 11.1 Å². The lowest BCUT2D eigenvalue weighted by Gasteiger charge is -2.09. The Morgan fingerprint density at radius 1 is 1.27 bits per heavy atom. The fourth-order valence-electron chi connectivity index (χ4n) is 1.28. The van der Waals surface area contributed by atoms with Crippen LogP contribution in [0.25, 0.3) is 5.57 Å². The molecule has 0 spiro atoms. The number of carboxylic acid groups (broad SMARTS) is 1. The zero-order chi connectivity index (χ0) is 10.7. The molecule has 1 aromatic carbocycles. The Labute approximate surface area is 86.4 Å². The monoisotopic (exact) mass is 203 g/mol. The Bertz CT molecular complexity index is 432. The first-order valence-corrected chi connectivity index (χ1v) is 4.39. The van der Waals surface area contributed by atoms with Crippen LogP contribution in [0.2, 0.25) is 0 Å². The van der Waals surface area contributed by atoms with Crippen LogP contribution in [0.1, 0.15) is 15.9 Å². The molecular weight excluding hydrogens is 194 g/mol. The van der Waals surface area contributed by atoms with Crippen molar-refractivity contribution in [1.82, 2.24) is 5.48 Å². The number of allylic oxidation sites excluding steroid dienone is 2. The van der Waals surface area contributed by atoms with Crippen molar-refractivity contribution in [2.24, 2.45) is 0 Å². The highest BCUT2D eigenvalue weighted by atomic mass is 16.6. The highest BCUT2D eigenvalue weighted by Crippen LogP contribution is 2.17. The molecule has 2 rings (SSSR count). The van der Waals surface area contributed by atoms with Crippen molar-refractivity contribution < 1.29 is 14.7 Å². The van der Waals surface area contributed by atoms with E-state index in [1.807, 2.05) is 0 Å². The maximum atomic E-state index is 10.6. The van der Waals surface area contributed by atoms with E-state index in [9.17, 15) is 4.79 Å². The number of carboxylic acids is 1. The van der Waals surface area contributed by atoms with Gasteiger partial charge < -0.3 is 9.94 Å². The van der Waals surface area contributed by atoms with Crippen LogP contribution in [0.15, 0.2) is 42.8 Å². The molecule has 0 saturated carbocycles. The summed E-state index contributed by atoms with van der Waals surface area (Å²) >= 11 is 0. The number of benzene rings is 1. The van der Waals surface area contributed by atoms with Crippen molar-refractivity contribution in [3.63, 3.8) is 0 Å². The fraction of sp³-hybridized carbons (Fsp3) is 0. The van der Waals surface area contributed by atoms with E-state index in [1.165, 1.54) is 6.26 Å². The van der Waals surface area contributed by atoms with Crippen molar-refractivity contribution in [1.29, 1.82) is 0 Å². The summed E-state index contributed by atoms with van der Waals surface area (Å²) in [7, 11) is 0. The third kappa shape index (κ3) is 1.99. The number of hydroxylamine groups is 1. The van der Waals surface area contributed by atoms with Crippen molar-refractivity contribution in [2.45, 2.75) is 0 Å². The Kier molecular flexibility index (Phi) is 2.41. The molecule has 4 nitrogen and oxygen atoms in total. The van der Waals surface area contributed by atoms with E-state index >= 15 is 0 Å². The number of rotatable bonds is 2. The van der Waals surface area contributed by atoms with Crippen molar-refractivity contribution >= 4 is 11.5 Å². The summed E-state index contributed by atoms with van der Waals surface area (Å²) in [5.74, 6) is -0.920. The lowest BCUT2D eigenvalue weighted by Crippen LogP contribution is -2.05. The van der Waals surface area contributed by atoms with E-state index in [0.29, 0.717) is 0 Å². The van der Waals surface area contributed by atoms with Gasteiger partial charge in [0.2, 0.25) is 0 Å². The lowest BCUT2D eigenvalue weighted by molar-refractivity contribution is 0.0697. The summed E-state index contributed by atoms with van der Waals surface area (Å²) in [6, 6.07) is 6.66. The minimum atomic E-state index is -0.920. The van der Waals surface area contributed by atoms with Gasteiger partial charge in [0.1, 0.15) is 6.26 Å². The van der Waals surface area contributed by atoms with Gasteiger partial charge in [0.15, 0.2) is 0 Å². The van der Waals surface area contributed by atoms with Crippen molar-refractivity contribution in [2.75, 3.05) is 0 Å². The first-order valence-electron chi connectivity index (χ1n) is 4.39. The highest BCUT2D eigenvalue weighted by molar-refractivity contribution is 5.88. The number of carbonyl (C=O) groups is 1. The average Bonchev–Trinajstić information content (AvgIpc) is 2.30. The van der Waals surface area contributed by atoms with Crippen LogP contribution in [0.3, 0.4) is 0 Å². The Balaban J connectivity index is 2.27. The predicted octanol–water partition coefficient (Wildman–Crippen LogP) is 1.77. The van der Waals surface area contributed by atoms with Gasteiger partial charge in [-0.1, -0.05) is 12.1 Å². The third-order valence-corrected chi connectivity index (χ3v) is 2.06. The summed E-state index contributed by atoms with van der Waals surface area (Å²) in [5, 5.41) is 8.73. The molecular formula is C11H9NO3. The van der Waals surface area contributed by atoms with Crippen molar-refractivity contribution in [3.8, 4) is 0 Å². The van der Waals surface area contributed by atoms with Gasteiger partial charge in [-0.05, 0) is 23.8 Å². The molecule has 0 fully saturated rings. The second-order valence-corrected chi connectivity index (χ2v) is 3.02. The molecule has 0 radical (unpaired) electrons. The highest BCUT2D eigenvalue weighted by Gasteiger charge is 2.04. The zero-order valence-corrected chi connectivity index (χ0v) is 7.81. The van der Waals surface area contributed by atoms with Crippen LogP contribution >= 0.6 is 0 Å².